The van der Waals surface area contributed by atoms with Gasteiger partial charge in [0.1, 0.15) is 12.4 Å². The number of nitrogens with zero attached hydrogens (tertiary/aromatic N) is 1. The Labute approximate surface area is 74.6 Å². The first kappa shape index (κ1) is 9.00. The fourth-order valence-corrected chi connectivity index (χ4v) is 0.867. The maximum Gasteiger partial charge on any atom is 0.142 e. The second-order valence-corrected chi connectivity index (χ2v) is 2.56. The molecule has 0 radical (unpaired) electrons. The van der Waals surface area contributed by atoms with Gasteiger partial charge in [0.2, 0.25) is 0 Å². The predicted molar refractivity (Wildman–Crippen MR) is 45.7 cm³/mol. The molecule has 0 unspecified atom stereocenters. The van der Waals surface area contributed by atoms with E-state index in [1.54, 1.807) is 6.07 Å². The molecule has 0 amide bonds. The molecule has 0 aliphatic rings. The summed E-state index contributed by atoms with van der Waals surface area (Å²) < 4.78 is 12.8. The average Bonchev–Trinajstić information content (AvgIpc) is 2.07. The average molecular weight is 188 g/mol. The monoisotopic (exact) mass is 187 g/mol. The summed E-state index contributed by atoms with van der Waals surface area (Å²) in [5.74, 6) is -0.457. The van der Waals surface area contributed by atoms with Gasteiger partial charge in [-0.25, -0.2) is 4.39 Å². The molecule has 0 bridgehead atoms. The van der Waals surface area contributed by atoms with E-state index in [0.717, 1.165) is 0 Å². The molecule has 0 heterocycles. The predicted octanol–water partition coefficient (Wildman–Crippen LogP) is 2.61. The van der Waals surface area contributed by atoms with Crippen LogP contribution in [-0.4, -0.2) is 6.72 Å². The van der Waals surface area contributed by atoms with E-state index >= 15 is 0 Å². The number of rotatable bonds is 3. The van der Waals surface area contributed by atoms with Gasteiger partial charge in [-0.1, -0.05) is 17.7 Å². The third-order valence-electron chi connectivity index (χ3n) is 1.31. The Bertz CT molecular complexity index is 290. The Kier molecular flexibility index (Phi) is 3.05. The molecule has 64 valence electrons. The van der Waals surface area contributed by atoms with Gasteiger partial charge in [0.25, 0.3) is 0 Å². The van der Waals surface area contributed by atoms with E-state index in [0.29, 0.717) is 5.56 Å². The molecule has 0 aromatic heterocycles. The van der Waals surface area contributed by atoms with Crippen LogP contribution in [0, 0.1) is 5.82 Å². The summed E-state index contributed by atoms with van der Waals surface area (Å²) in [6.07, 6.45) is 0. The minimum atomic E-state index is -0.457. The molecule has 4 heteroatoms. The lowest BCUT2D eigenvalue weighted by atomic mass is 10.2. The zero-order valence-corrected chi connectivity index (χ0v) is 7.01. The van der Waals surface area contributed by atoms with Gasteiger partial charge in [-0.2, -0.15) is 0 Å². The van der Waals surface area contributed by atoms with Crippen LogP contribution in [0.2, 0.25) is 5.02 Å². The highest BCUT2D eigenvalue weighted by molar-refractivity contribution is 6.30. The smallest absolute Gasteiger partial charge is 0.142 e. The van der Waals surface area contributed by atoms with E-state index in [1.807, 2.05) is 0 Å². The molecule has 2 nitrogen and oxygen atoms in total. The summed E-state index contributed by atoms with van der Waals surface area (Å²) in [7, 11) is 0. The number of benzene rings is 1. The number of oxime groups is 1. The second kappa shape index (κ2) is 4.07. The minimum Gasteiger partial charge on any atom is -0.391 e. The third kappa shape index (κ3) is 2.20. The largest absolute Gasteiger partial charge is 0.391 e. The Morgan fingerprint density at radius 1 is 1.58 bits per heavy atom. The van der Waals surface area contributed by atoms with E-state index in [-0.39, 0.29) is 11.6 Å². The lowest BCUT2D eigenvalue weighted by Crippen LogP contribution is -1.88. The number of hydrogen-bond donors (Lipinski definition) is 0. The number of halogens is 2. The maximum absolute atomic E-state index is 12.8. The molecular formula is C8H7ClFNO. The molecule has 1 rings (SSSR count). The molecule has 1 aromatic rings. The standard InChI is InChI=1S/C8H7ClFNO/c1-11-12-5-6-2-3-7(9)8(10)4-6/h2-4H,1,5H2. The van der Waals surface area contributed by atoms with E-state index in [1.165, 1.54) is 12.1 Å². The molecule has 0 aliphatic carbocycles. The van der Waals surface area contributed by atoms with Gasteiger partial charge < -0.3 is 4.84 Å². The third-order valence-corrected chi connectivity index (χ3v) is 1.61. The van der Waals surface area contributed by atoms with Crippen molar-refractivity contribution in [3.63, 3.8) is 0 Å². The van der Waals surface area contributed by atoms with Crippen molar-refractivity contribution in [3.05, 3.63) is 34.6 Å². The van der Waals surface area contributed by atoms with E-state index < -0.39 is 5.82 Å². The molecule has 0 atom stereocenters. The van der Waals surface area contributed by atoms with Crippen LogP contribution < -0.4 is 0 Å². The molecular weight excluding hydrogens is 181 g/mol. The Balaban J connectivity index is 2.75. The van der Waals surface area contributed by atoms with Gasteiger partial charge in [-0.05, 0) is 17.7 Å². The van der Waals surface area contributed by atoms with Crippen LogP contribution >= 0.6 is 11.6 Å². The van der Waals surface area contributed by atoms with Crippen molar-refractivity contribution >= 4 is 18.3 Å². The summed E-state index contributed by atoms with van der Waals surface area (Å²) >= 11 is 5.46. The van der Waals surface area contributed by atoms with E-state index in [4.69, 9.17) is 11.6 Å². The fourth-order valence-electron chi connectivity index (χ4n) is 0.750. The normalized spacial score (nSPS) is 9.50. The lowest BCUT2D eigenvalue weighted by molar-refractivity contribution is 0.133. The molecule has 0 N–H and O–H groups in total. The quantitative estimate of drug-likeness (QED) is 0.527. The Hall–Kier alpha value is -1.09. The Morgan fingerprint density at radius 2 is 2.33 bits per heavy atom. The summed E-state index contributed by atoms with van der Waals surface area (Å²) in [6.45, 7) is 3.33. The molecule has 12 heavy (non-hydrogen) atoms. The van der Waals surface area contributed by atoms with Gasteiger partial charge in [-0.3, -0.25) is 0 Å². The minimum absolute atomic E-state index is 0.102. The summed E-state index contributed by atoms with van der Waals surface area (Å²) in [5.41, 5.74) is 0.671. The van der Waals surface area contributed by atoms with Crippen molar-refractivity contribution < 1.29 is 9.23 Å². The van der Waals surface area contributed by atoms with Gasteiger partial charge in [0.05, 0.1) is 5.02 Å². The molecule has 0 saturated carbocycles. The summed E-state index contributed by atoms with van der Waals surface area (Å²) in [5, 5.41) is 3.28. The van der Waals surface area contributed by atoms with E-state index in [9.17, 15) is 4.39 Å². The van der Waals surface area contributed by atoms with Crippen molar-refractivity contribution in [1.82, 2.24) is 0 Å². The summed E-state index contributed by atoms with van der Waals surface area (Å²) in [6, 6.07) is 4.43. The molecule has 0 spiro atoms. The van der Waals surface area contributed by atoms with Crippen LogP contribution in [0.25, 0.3) is 0 Å². The summed E-state index contributed by atoms with van der Waals surface area (Å²) in [4.78, 5) is 4.62. The first-order chi connectivity index (χ1) is 5.74. The van der Waals surface area contributed by atoms with Crippen LogP contribution in [0.4, 0.5) is 4.39 Å². The highest BCUT2D eigenvalue weighted by atomic mass is 35.5. The second-order valence-electron chi connectivity index (χ2n) is 2.15. The van der Waals surface area contributed by atoms with Crippen LogP contribution in [-0.2, 0) is 11.4 Å². The lowest BCUT2D eigenvalue weighted by Gasteiger charge is -1.99. The van der Waals surface area contributed by atoms with Gasteiger partial charge in [0, 0.05) is 6.72 Å². The highest BCUT2D eigenvalue weighted by Crippen LogP contribution is 2.15. The topological polar surface area (TPSA) is 21.6 Å². The molecule has 1 aromatic carbocycles. The highest BCUT2D eigenvalue weighted by Gasteiger charge is 2.00. The van der Waals surface area contributed by atoms with Crippen LogP contribution in [0.3, 0.4) is 0 Å². The van der Waals surface area contributed by atoms with Crippen molar-refractivity contribution in [3.8, 4) is 0 Å². The van der Waals surface area contributed by atoms with E-state index in [2.05, 4.69) is 16.7 Å². The SMILES string of the molecule is C=NOCc1ccc(Cl)c(F)c1. The Morgan fingerprint density at radius 3 is 2.92 bits per heavy atom. The van der Waals surface area contributed by atoms with Crippen molar-refractivity contribution in [2.75, 3.05) is 0 Å². The van der Waals surface area contributed by atoms with Crippen molar-refractivity contribution in [2.24, 2.45) is 5.16 Å². The maximum atomic E-state index is 12.8. The van der Waals surface area contributed by atoms with Crippen molar-refractivity contribution in [1.29, 1.82) is 0 Å². The first-order valence-corrected chi connectivity index (χ1v) is 3.63. The number of hydrogen-bond acceptors (Lipinski definition) is 2. The van der Waals surface area contributed by atoms with Crippen LogP contribution in [0.1, 0.15) is 5.56 Å². The molecule has 0 aliphatic heterocycles. The first-order valence-electron chi connectivity index (χ1n) is 3.26. The van der Waals surface area contributed by atoms with Crippen LogP contribution in [0.15, 0.2) is 23.4 Å². The molecule has 0 fully saturated rings. The fraction of sp³-hybridized carbons (Fsp3) is 0.125. The van der Waals surface area contributed by atoms with Gasteiger partial charge in [-0.15, -0.1) is 5.16 Å². The van der Waals surface area contributed by atoms with Crippen molar-refractivity contribution in [2.45, 2.75) is 6.61 Å². The van der Waals surface area contributed by atoms with Crippen LogP contribution in [0.5, 0.6) is 0 Å². The van der Waals surface area contributed by atoms with Gasteiger partial charge >= 0.3 is 0 Å². The zero-order chi connectivity index (χ0) is 8.97. The molecule has 0 saturated heterocycles. The zero-order valence-electron chi connectivity index (χ0n) is 6.26. The van der Waals surface area contributed by atoms with Gasteiger partial charge in [0.15, 0.2) is 0 Å².